The summed E-state index contributed by atoms with van der Waals surface area (Å²) in [6.07, 6.45) is 0.359. The van der Waals surface area contributed by atoms with Crippen LogP contribution in [0.15, 0.2) is 42.5 Å². The van der Waals surface area contributed by atoms with E-state index in [0.717, 1.165) is 11.3 Å². The summed E-state index contributed by atoms with van der Waals surface area (Å²) in [5.41, 5.74) is 2.63. The molecule has 0 unspecified atom stereocenters. The minimum atomic E-state index is -0.0667. The van der Waals surface area contributed by atoms with Crippen LogP contribution in [0.3, 0.4) is 0 Å². The highest BCUT2D eigenvalue weighted by Crippen LogP contribution is 2.20. The van der Waals surface area contributed by atoms with Crippen LogP contribution in [0, 0.1) is 6.92 Å². The van der Waals surface area contributed by atoms with Gasteiger partial charge in [-0.25, -0.2) is 0 Å². The summed E-state index contributed by atoms with van der Waals surface area (Å²) in [5, 5.41) is 7.28. The van der Waals surface area contributed by atoms with Crippen molar-refractivity contribution < 1.29 is 4.79 Å². The first-order chi connectivity index (χ1) is 10.0. The number of rotatable bonds is 5. The van der Waals surface area contributed by atoms with Gasteiger partial charge in [0.1, 0.15) is 0 Å². The van der Waals surface area contributed by atoms with Crippen molar-refractivity contribution in [2.45, 2.75) is 13.3 Å². The van der Waals surface area contributed by atoms with Gasteiger partial charge in [-0.3, -0.25) is 4.79 Å². The molecule has 2 rings (SSSR count). The lowest BCUT2D eigenvalue weighted by Crippen LogP contribution is -2.16. The normalized spacial score (nSPS) is 10.2. The maximum absolute atomic E-state index is 11.8. The van der Waals surface area contributed by atoms with Crippen LogP contribution in [0.25, 0.3) is 0 Å². The molecule has 0 aliphatic carbocycles. The van der Waals surface area contributed by atoms with Crippen LogP contribution in [0.2, 0.25) is 10.0 Å². The molecule has 5 heteroatoms. The molecule has 0 atom stereocenters. The van der Waals surface area contributed by atoms with Gasteiger partial charge in [-0.15, -0.1) is 0 Å². The van der Waals surface area contributed by atoms with E-state index in [0.29, 0.717) is 28.7 Å². The summed E-state index contributed by atoms with van der Waals surface area (Å²) in [4.78, 5) is 11.8. The van der Waals surface area contributed by atoms with E-state index in [4.69, 9.17) is 23.2 Å². The van der Waals surface area contributed by atoms with Gasteiger partial charge in [0.05, 0.1) is 0 Å². The molecule has 0 bridgehead atoms. The predicted octanol–water partition coefficient (Wildman–Crippen LogP) is 4.74. The average Bonchev–Trinajstić information content (AvgIpc) is 2.43. The van der Waals surface area contributed by atoms with Crippen LogP contribution >= 0.6 is 23.2 Å². The van der Waals surface area contributed by atoms with Crippen molar-refractivity contribution in [1.29, 1.82) is 0 Å². The largest absolute Gasteiger partial charge is 0.384 e. The van der Waals surface area contributed by atoms with Crippen molar-refractivity contribution in [1.82, 2.24) is 0 Å². The van der Waals surface area contributed by atoms with E-state index in [1.807, 2.05) is 25.1 Å². The molecule has 2 aromatic carbocycles. The van der Waals surface area contributed by atoms with E-state index in [2.05, 4.69) is 10.6 Å². The Hall–Kier alpha value is -1.71. The highest BCUT2D eigenvalue weighted by Gasteiger charge is 2.03. The highest BCUT2D eigenvalue weighted by molar-refractivity contribution is 6.31. The number of nitrogens with one attached hydrogen (secondary N) is 2. The summed E-state index contributed by atoms with van der Waals surface area (Å²) in [6, 6.07) is 12.8. The van der Waals surface area contributed by atoms with Crippen molar-refractivity contribution in [2.75, 3.05) is 17.2 Å². The van der Waals surface area contributed by atoms with Crippen molar-refractivity contribution in [3.8, 4) is 0 Å². The third kappa shape index (κ3) is 4.96. The van der Waals surface area contributed by atoms with Crippen molar-refractivity contribution in [3.05, 3.63) is 58.1 Å². The fraction of sp³-hybridized carbons (Fsp3) is 0.188. The van der Waals surface area contributed by atoms with Gasteiger partial charge in [0.2, 0.25) is 5.91 Å². The lowest BCUT2D eigenvalue weighted by atomic mass is 10.2. The monoisotopic (exact) mass is 322 g/mol. The van der Waals surface area contributed by atoms with Crippen LogP contribution in [0.5, 0.6) is 0 Å². The van der Waals surface area contributed by atoms with Gasteiger partial charge >= 0.3 is 0 Å². The summed E-state index contributed by atoms with van der Waals surface area (Å²) < 4.78 is 0. The first-order valence-electron chi connectivity index (χ1n) is 6.60. The van der Waals surface area contributed by atoms with Gasteiger partial charge in [0.15, 0.2) is 0 Å². The topological polar surface area (TPSA) is 41.1 Å². The number of halogens is 2. The molecule has 0 fully saturated rings. The molecule has 0 aliphatic heterocycles. The van der Waals surface area contributed by atoms with Crippen molar-refractivity contribution >= 4 is 40.5 Å². The third-order valence-corrected chi connectivity index (χ3v) is 3.60. The van der Waals surface area contributed by atoms with E-state index < -0.39 is 0 Å². The zero-order valence-corrected chi connectivity index (χ0v) is 13.1. The Balaban J connectivity index is 1.80. The van der Waals surface area contributed by atoms with Crippen LogP contribution in [-0.2, 0) is 4.79 Å². The maximum atomic E-state index is 11.8. The number of anilines is 2. The van der Waals surface area contributed by atoms with Gasteiger partial charge in [-0.05, 0) is 42.8 Å². The van der Waals surface area contributed by atoms with Gasteiger partial charge in [-0.1, -0.05) is 35.3 Å². The molecule has 0 aromatic heterocycles. The first-order valence-corrected chi connectivity index (χ1v) is 7.35. The van der Waals surface area contributed by atoms with E-state index in [-0.39, 0.29) is 5.91 Å². The average molecular weight is 323 g/mol. The molecule has 2 aromatic rings. The SMILES string of the molecule is Cc1ccc(NCCC(=O)Nc2cccc(Cl)c2)cc1Cl. The van der Waals surface area contributed by atoms with E-state index in [1.54, 1.807) is 24.3 Å². The lowest BCUT2D eigenvalue weighted by molar-refractivity contribution is -0.115. The zero-order valence-electron chi connectivity index (χ0n) is 11.6. The highest BCUT2D eigenvalue weighted by atomic mass is 35.5. The Morgan fingerprint density at radius 3 is 2.62 bits per heavy atom. The second-order valence-electron chi connectivity index (χ2n) is 4.70. The quantitative estimate of drug-likeness (QED) is 0.834. The molecule has 0 radical (unpaired) electrons. The second kappa shape index (κ2) is 7.34. The van der Waals surface area contributed by atoms with Gasteiger partial charge in [-0.2, -0.15) is 0 Å². The van der Waals surface area contributed by atoms with Crippen LogP contribution in [0.4, 0.5) is 11.4 Å². The summed E-state index contributed by atoms with van der Waals surface area (Å²) in [6.45, 7) is 2.48. The second-order valence-corrected chi connectivity index (χ2v) is 5.54. The number of carbonyl (C=O) groups is 1. The number of benzene rings is 2. The van der Waals surface area contributed by atoms with Crippen LogP contribution in [-0.4, -0.2) is 12.5 Å². The maximum Gasteiger partial charge on any atom is 0.226 e. The Labute approximate surface area is 134 Å². The molecule has 110 valence electrons. The number of hydrogen-bond acceptors (Lipinski definition) is 2. The molecule has 0 spiro atoms. The van der Waals surface area contributed by atoms with Gasteiger partial charge < -0.3 is 10.6 Å². The van der Waals surface area contributed by atoms with Crippen molar-refractivity contribution in [2.24, 2.45) is 0 Å². The Bertz CT molecular complexity index is 644. The lowest BCUT2D eigenvalue weighted by Gasteiger charge is -2.09. The number of amides is 1. The van der Waals surface area contributed by atoms with Gasteiger partial charge in [0.25, 0.3) is 0 Å². The Morgan fingerprint density at radius 1 is 1.10 bits per heavy atom. The van der Waals surface area contributed by atoms with E-state index in [9.17, 15) is 4.79 Å². The van der Waals surface area contributed by atoms with Gasteiger partial charge in [0, 0.05) is 34.4 Å². The third-order valence-electron chi connectivity index (χ3n) is 2.96. The van der Waals surface area contributed by atoms with Crippen LogP contribution < -0.4 is 10.6 Å². The first kappa shape index (κ1) is 15.7. The minimum absolute atomic E-state index is 0.0667. The molecular formula is C16H16Cl2N2O. The molecule has 0 saturated heterocycles. The number of aryl methyl sites for hydroxylation is 1. The van der Waals surface area contributed by atoms with E-state index >= 15 is 0 Å². The molecule has 0 aliphatic rings. The summed E-state index contributed by atoms with van der Waals surface area (Å²) in [5.74, 6) is -0.0667. The molecule has 0 heterocycles. The fourth-order valence-electron chi connectivity index (χ4n) is 1.81. The summed E-state index contributed by atoms with van der Waals surface area (Å²) in [7, 11) is 0. The predicted molar refractivity (Wildman–Crippen MR) is 89.4 cm³/mol. The number of hydrogen-bond donors (Lipinski definition) is 2. The minimum Gasteiger partial charge on any atom is -0.384 e. The zero-order chi connectivity index (χ0) is 15.2. The number of carbonyl (C=O) groups excluding carboxylic acids is 1. The fourth-order valence-corrected chi connectivity index (χ4v) is 2.18. The molecule has 2 N–H and O–H groups in total. The summed E-state index contributed by atoms with van der Waals surface area (Å²) >= 11 is 11.9. The van der Waals surface area contributed by atoms with E-state index in [1.165, 1.54) is 0 Å². The molecule has 1 amide bonds. The standard InChI is InChI=1S/C16H16Cl2N2O/c1-11-5-6-13(10-15(11)18)19-8-7-16(21)20-14-4-2-3-12(17)9-14/h2-6,9-10,19H,7-8H2,1H3,(H,20,21). The van der Waals surface area contributed by atoms with Crippen LogP contribution in [0.1, 0.15) is 12.0 Å². The van der Waals surface area contributed by atoms with Crippen molar-refractivity contribution in [3.63, 3.8) is 0 Å². The Morgan fingerprint density at radius 2 is 1.90 bits per heavy atom. The smallest absolute Gasteiger partial charge is 0.226 e. The molecular weight excluding hydrogens is 307 g/mol. The molecule has 21 heavy (non-hydrogen) atoms. The Kier molecular flexibility index (Phi) is 5.48. The molecule has 0 saturated carbocycles. The molecule has 3 nitrogen and oxygen atoms in total.